The van der Waals surface area contributed by atoms with Crippen molar-refractivity contribution < 1.29 is 9.18 Å². The molecule has 8 rings (SSSR count). The van der Waals surface area contributed by atoms with Gasteiger partial charge in [0.25, 0.3) is 0 Å². The second-order valence-corrected chi connectivity index (χ2v) is 11.8. The minimum Gasteiger partial charge on any atom is -0.397 e. The van der Waals surface area contributed by atoms with Gasteiger partial charge < -0.3 is 5.73 Å². The molecule has 1 aromatic carbocycles. The van der Waals surface area contributed by atoms with Crippen molar-refractivity contribution in [1.82, 2.24) is 4.98 Å². The van der Waals surface area contributed by atoms with E-state index in [1.807, 2.05) is 12.1 Å². The van der Waals surface area contributed by atoms with Crippen LogP contribution in [0.1, 0.15) is 65.9 Å². The molecule has 0 saturated heterocycles. The van der Waals surface area contributed by atoms with Crippen LogP contribution in [-0.2, 0) is 12.8 Å². The first-order chi connectivity index (χ1) is 15.5. The normalized spacial score (nSPS) is 30.2. The van der Waals surface area contributed by atoms with E-state index in [2.05, 4.69) is 0 Å². The number of nitrogens with two attached hydrogens (primary N) is 1. The van der Waals surface area contributed by atoms with Crippen molar-refractivity contribution in [1.29, 1.82) is 0 Å². The van der Waals surface area contributed by atoms with Crippen molar-refractivity contribution in [3.05, 3.63) is 46.2 Å². The molecule has 4 saturated carbocycles. The summed E-state index contributed by atoms with van der Waals surface area (Å²) < 4.78 is 13.7. The SMILES string of the molecule is Nc1c(C(=O)C23CC4CC(CC(C4)C2)C3)sc2nc3c(c(-c4ccc(F)cc4)c12)CCC3. The van der Waals surface area contributed by atoms with E-state index >= 15 is 0 Å². The zero-order valence-electron chi connectivity index (χ0n) is 18.1. The molecule has 2 aromatic heterocycles. The van der Waals surface area contributed by atoms with Crippen LogP contribution in [0.2, 0.25) is 0 Å². The molecule has 164 valence electrons. The molecule has 32 heavy (non-hydrogen) atoms. The summed E-state index contributed by atoms with van der Waals surface area (Å²) in [5, 5.41) is 0.912. The van der Waals surface area contributed by atoms with E-state index < -0.39 is 0 Å². The van der Waals surface area contributed by atoms with Gasteiger partial charge in [-0.25, -0.2) is 9.37 Å². The molecule has 5 heteroatoms. The number of halogens is 1. The maximum atomic E-state index is 14.1. The molecule has 4 bridgehead atoms. The highest BCUT2D eigenvalue weighted by Crippen LogP contribution is 2.61. The molecule has 2 heterocycles. The van der Waals surface area contributed by atoms with Crippen molar-refractivity contribution in [2.75, 3.05) is 5.73 Å². The predicted octanol–water partition coefficient (Wildman–Crippen LogP) is 6.57. The fourth-order valence-electron chi connectivity index (χ4n) is 7.88. The maximum Gasteiger partial charge on any atom is 0.181 e. The van der Waals surface area contributed by atoms with Gasteiger partial charge in [-0.15, -0.1) is 11.3 Å². The molecule has 5 aliphatic rings. The lowest BCUT2D eigenvalue weighted by Crippen LogP contribution is -2.49. The van der Waals surface area contributed by atoms with Crippen molar-refractivity contribution in [2.24, 2.45) is 23.2 Å². The van der Waals surface area contributed by atoms with Gasteiger partial charge in [0.1, 0.15) is 10.6 Å². The number of aryl methyl sites for hydroxylation is 1. The first-order valence-electron chi connectivity index (χ1n) is 12.1. The number of hydrogen-bond donors (Lipinski definition) is 1. The number of Topliss-reactive ketones (excluding diaryl/α,β-unsaturated/α-hetero) is 1. The van der Waals surface area contributed by atoms with Gasteiger partial charge in [-0.05, 0) is 104 Å². The Kier molecular flexibility index (Phi) is 3.98. The van der Waals surface area contributed by atoms with Crippen LogP contribution in [0.4, 0.5) is 10.1 Å². The van der Waals surface area contributed by atoms with E-state index in [-0.39, 0.29) is 17.0 Å². The van der Waals surface area contributed by atoms with Crippen LogP contribution in [0.25, 0.3) is 21.3 Å². The highest BCUT2D eigenvalue weighted by Gasteiger charge is 2.55. The van der Waals surface area contributed by atoms with Crippen LogP contribution in [0.5, 0.6) is 0 Å². The Labute approximate surface area is 191 Å². The molecule has 3 aromatic rings. The van der Waals surface area contributed by atoms with Gasteiger partial charge in [0.2, 0.25) is 0 Å². The molecular formula is C27H27FN2OS. The molecule has 0 radical (unpaired) electrons. The number of nitrogens with zero attached hydrogens (tertiary/aromatic N) is 1. The van der Waals surface area contributed by atoms with Crippen LogP contribution < -0.4 is 5.73 Å². The van der Waals surface area contributed by atoms with Crippen LogP contribution in [0.15, 0.2) is 24.3 Å². The zero-order chi connectivity index (χ0) is 21.6. The molecule has 0 atom stereocenters. The standard InChI is InChI=1S/C27H27FN2OS/c28-18-6-4-17(5-7-18)21-19-2-1-3-20(19)30-26-22(21)23(29)24(32-26)25(31)27-11-14-8-15(12-27)10-16(9-14)13-27/h4-7,14-16H,1-3,8-13,29H2. The number of aromatic nitrogens is 1. The monoisotopic (exact) mass is 446 g/mol. The number of anilines is 1. The lowest BCUT2D eigenvalue weighted by atomic mass is 9.48. The highest BCUT2D eigenvalue weighted by atomic mass is 32.1. The Balaban J connectivity index is 1.41. The van der Waals surface area contributed by atoms with Crippen molar-refractivity contribution in [3.8, 4) is 11.1 Å². The van der Waals surface area contributed by atoms with Gasteiger partial charge in [0, 0.05) is 16.5 Å². The first-order valence-corrected chi connectivity index (χ1v) is 12.9. The van der Waals surface area contributed by atoms with Gasteiger partial charge in [-0.3, -0.25) is 4.79 Å². The van der Waals surface area contributed by atoms with E-state index in [0.29, 0.717) is 5.69 Å². The number of ketones is 1. The second-order valence-electron chi connectivity index (χ2n) is 10.8. The van der Waals surface area contributed by atoms with Crippen molar-refractivity contribution in [3.63, 3.8) is 0 Å². The number of hydrogen-bond acceptors (Lipinski definition) is 4. The number of carbonyl (C=O) groups is 1. The second kappa shape index (κ2) is 6.63. The summed E-state index contributed by atoms with van der Waals surface area (Å²) in [5.41, 5.74) is 11.6. The minimum atomic E-state index is -0.244. The topological polar surface area (TPSA) is 56.0 Å². The summed E-state index contributed by atoms with van der Waals surface area (Å²) >= 11 is 1.50. The van der Waals surface area contributed by atoms with Crippen molar-refractivity contribution >= 4 is 33.0 Å². The van der Waals surface area contributed by atoms with E-state index in [9.17, 15) is 9.18 Å². The lowest BCUT2D eigenvalue weighted by Gasteiger charge is -2.55. The molecule has 5 aliphatic carbocycles. The number of benzene rings is 1. The Morgan fingerprint density at radius 1 is 1.03 bits per heavy atom. The first kappa shape index (κ1) is 19.2. The van der Waals surface area contributed by atoms with E-state index in [0.717, 1.165) is 88.2 Å². The highest BCUT2D eigenvalue weighted by molar-refractivity contribution is 7.21. The van der Waals surface area contributed by atoms with Gasteiger partial charge in [-0.2, -0.15) is 0 Å². The van der Waals surface area contributed by atoms with Gasteiger partial charge in [0.15, 0.2) is 5.78 Å². The minimum absolute atomic E-state index is 0.206. The van der Waals surface area contributed by atoms with Gasteiger partial charge in [-0.1, -0.05) is 12.1 Å². The van der Waals surface area contributed by atoms with Gasteiger partial charge in [0.05, 0.1) is 10.6 Å². The zero-order valence-corrected chi connectivity index (χ0v) is 18.9. The van der Waals surface area contributed by atoms with E-state index in [1.165, 1.54) is 48.3 Å². The third-order valence-corrected chi connectivity index (χ3v) is 9.86. The number of carbonyl (C=O) groups excluding carboxylic acids is 1. The summed E-state index contributed by atoms with van der Waals surface area (Å²) in [7, 11) is 0. The van der Waals surface area contributed by atoms with Crippen LogP contribution in [0.3, 0.4) is 0 Å². The largest absolute Gasteiger partial charge is 0.397 e. The van der Waals surface area contributed by atoms with E-state index in [4.69, 9.17) is 10.7 Å². The number of rotatable bonds is 3. The summed E-state index contributed by atoms with van der Waals surface area (Å²) in [6.07, 6.45) is 10.1. The molecule has 0 spiro atoms. The summed E-state index contributed by atoms with van der Waals surface area (Å²) in [4.78, 5) is 20.7. The molecule has 0 aliphatic heterocycles. The smallest absolute Gasteiger partial charge is 0.181 e. The fraction of sp³-hybridized carbons (Fsp3) is 0.481. The molecule has 4 fully saturated rings. The third-order valence-electron chi connectivity index (χ3n) is 8.76. The summed E-state index contributed by atoms with van der Waals surface area (Å²) in [5.74, 6) is 2.20. The Bertz CT molecular complexity index is 1240. The van der Waals surface area contributed by atoms with E-state index in [1.54, 1.807) is 0 Å². The third kappa shape index (κ3) is 2.63. The predicted molar refractivity (Wildman–Crippen MR) is 126 cm³/mol. The van der Waals surface area contributed by atoms with Crippen LogP contribution in [-0.4, -0.2) is 10.8 Å². The van der Waals surface area contributed by atoms with Crippen LogP contribution in [0, 0.1) is 29.0 Å². The lowest BCUT2D eigenvalue weighted by molar-refractivity contribution is -0.0350. The average Bonchev–Trinajstić information content (AvgIpc) is 3.36. The number of thiophene rings is 1. The maximum absolute atomic E-state index is 14.1. The number of nitrogen functional groups attached to an aromatic ring is 1. The molecule has 3 nitrogen and oxygen atoms in total. The summed E-state index contributed by atoms with van der Waals surface area (Å²) in [6.45, 7) is 0. The Morgan fingerprint density at radius 3 is 2.34 bits per heavy atom. The van der Waals surface area contributed by atoms with Gasteiger partial charge >= 0.3 is 0 Å². The number of pyridine rings is 1. The number of fused-ring (bicyclic) bond motifs is 2. The molecular weight excluding hydrogens is 419 g/mol. The molecule has 0 unspecified atom stereocenters. The molecule has 0 amide bonds. The van der Waals surface area contributed by atoms with Crippen molar-refractivity contribution in [2.45, 2.75) is 57.8 Å². The Morgan fingerprint density at radius 2 is 1.69 bits per heavy atom. The Hall–Kier alpha value is -2.27. The summed E-state index contributed by atoms with van der Waals surface area (Å²) in [6, 6.07) is 6.68. The average molecular weight is 447 g/mol. The molecule has 2 N–H and O–H groups in total. The van der Waals surface area contributed by atoms with Crippen LogP contribution >= 0.6 is 11.3 Å². The quantitative estimate of drug-likeness (QED) is 0.463. The fourth-order valence-corrected chi connectivity index (χ4v) is 9.06.